The van der Waals surface area contributed by atoms with E-state index in [1.54, 1.807) is 18.2 Å². The topological polar surface area (TPSA) is 109 Å². The van der Waals surface area contributed by atoms with Crippen molar-refractivity contribution in [3.8, 4) is 0 Å². The van der Waals surface area contributed by atoms with Crippen LogP contribution < -0.4 is 9.62 Å². The van der Waals surface area contributed by atoms with Crippen LogP contribution in [0.25, 0.3) is 0 Å². The van der Waals surface area contributed by atoms with Crippen LogP contribution in [-0.4, -0.2) is 43.5 Å². The van der Waals surface area contributed by atoms with Gasteiger partial charge in [0, 0.05) is 28.5 Å². The third-order valence-corrected chi connectivity index (χ3v) is 7.66. The van der Waals surface area contributed by atoms with Crippen LogP contribution in [0.4, 0.5) is 5.69 Å². The van der Waals surface area contributed by atoms with Crippen molar-refractivity contribution in [3.05, 3.63) is 89.2 Å². The van der Waals surface area contributed by atoms with Gasteiger partial charge >= 0.3 is 0 Å². The Labute approximate surface area is 215 Å². The smallest absolute Gasteiger partial charge is 0.264 e. The number of amides is 2. The van der Waals surface area contributed by atoms with Gasteiger partial charge in [-0.15, -0.1) is 0 Å². The minimum atomic E-state index is -4.14. The van der Waals surface area contributed by atoms with Crippen molar-refractivity contribution in [1.29, 1.82) is 0 Å². The number of nitrogens with one attached hydrogen (secondary N) is 1. The van der Waals surface area contributed by atoms with E-state index in [9.17, 15) is 18.0 Å². The fourth-order valence-electron chi connectivity index (χ4n) is 3.96. The number of halogens is 1. The standard InChI is InChI=1S/C26H25ClN4O4S/c1-3-17(2)24-26(33)31(16-23(32)30-36(34,35)20-11-13-28-14-12-20)22-10-9-19(27)15-21(22)25(29-24)18-7-5-4-6-8-18/h4-15,17,24H,3,16H2,1-2H3,(H,30,32)/t17?,24-/m0/s1. The first kappa shape index (κ1) is 25.5. The highest BCUT2D eigenvalue weighted by Crippen LogP contribution is 2.33. The molecule has 36 heavy (non-hydrogen) atoms. The van der Waals surface area contributed by atoms with E-state index in [0.29, 0.717) is 28.4 Å². The van der Waals surface area contributed by atoms with Gasteiger partial charge in [-0.25, -0.2) is 13.1 Å². The molecule has 2 amide bonds. The molecular weight excluding hydrogens is 500 g/mol. The lowest BCUT2D eigenvalue weighted by Crippen LogP contribution is -2.47. The molecule has 1 aliphatic rings. The number of anilines is 1. The molecule has 1 unspecified atom stereocenters. The summed E-state index contributed by atoms with van der Waals surface area (Å²) in [6, 6.07) is 16.2. The number of fused-ring (bicyclic) bond motifs is 1. The van der Waals surface area contributed by atoms with Gasteiger partial charge in [0.15, 0.2) is 0 Å². The van der Waals surface area contributed by atoms with Crippen LogP contribution in [-0.2, 0) is 19.6 Å². The summed E-state index contributed by atoms with van der Waals surface area (Å²) in [4.78, 5) is 36.6. The third kappa shape index (κ3) is 5.32. The van der Waals surface area contributed by atoms with E-state index in [2.05, 4.69) is 9.71 Å². The summed E-state index contributed by atoms with van der Waals surface area (Å²) in [5, 5.41) is 0.441. The van der Waals surface area contributed by atoms with Crippen LogP contribution >= 0.6 is 11.6 Å². The van der Waals surface area contributed by atoms with E-state index >= 15 is 0 Å². The van der Waals surface area contributed by atoms with E-state index in [0.717, 1.165) is 5.56 Å². The van der Waals surface area contributed by atoms with Gasteiger partial charge in [0.05, 0.1) is 16.3 Å². The van der Waals surface area contributed by atoms with E-state index in [1.807, 2.05) is 44.2 Å². The Morgan fingerprint density at radius 3 is 2.47 bits per heavy atom. The SMILES string of the molecule is CCC(C)[C@@H]1N=C(c2ccccc2)c2cc(Cl)ccc2N(CC(=O)NS(=O)(=O)c2ccncc2)C1=O. The number of benzodiazepines with no additional fused rings is 1. The molecule has 1 aliphatic heterocycles. The van der Waals surface area contributed by atoms with Gasteiger partial charge in [0.2, 0.25) is 0 Å². The average Bonchev–Trinajstić information content (AvgIpc) is 2.99. The zero-order valence-corrected chi connectivity index (χ0v) is 21.3. The van der Waals surface area contributed by atoms with Gasteiger partial charge in [-0.2, -0.15) is 0 Å². The number of nitrogens with zero attached hydrogens (tertiary/aromatic N) is 3. The average molecular weight is 525 g/mol. The zero-order valence-electron chi connectivity index (χ0n) is 19.8. The molecule has 0 fully saturated rings. The Balaban J connectivity index is 1.77. The van der Waals surface area contributed by atoms with E-state index < -0.39 is 34.4 Å². The second kappa shape index (κ2) is 10.6. The predicted molar refractivity (Wildman–Crippen MR) is 139 cm³/mol. The molecule has 0 saturated heterocycles. The maximum Gasteiger partial charge on any atom is 0.264 e. The third-order valence-electron chi connectivity index (χ3n) is 6.03. The van der Waals surface area contributed by atoms with Crippen LogP contribution in [0.2, 0.25) is 5.02 Å². The van der Waals surface area contributed by atoms with Crippen molar-refractivity contribution in [2.24, 2.45) is 10.9 Å². The molecule has 0 saturated carbocycles. The highest BCUT2D eigenvalue weighted by molar-refractivity contribution is 7.90. The molecule has 1 N–H and O–H groups in total. The van der Waals surface area contributed by atoms with Crippen molar-refractivity contribution in [2.45, 2.75) is 31.2 Å². The lowest BCUT2D eigenvalue weighted by molar-refractivity contribution is -0.124. The van der Waals surface area contributed by atoms with Crippen molar-refractivity contribution >= 4 is 44.8 Å². The molecule has 0 spiro atoms. The molecule has 4 rings (SSSR count). The summed E-state index contributed by atoms with van der Waals surface area (Å²) >= 11 is 6.33. The monoisotopic (exact) mass is 524 g/mol. The molecular formula is C26H25ClN4O4S. The van der Waals surface area contributed by atoms with E-state index in [4.69, 9.17) is 16.6 Å². The molecule has 0 radical (unpaired) electrons. The highest BCUT2D eigenvalue weighted by atomic mass is 35.5. The molecule has 8 nitrogen and oxygen atoms in total. The first-order valence-electron chi connectivity index (χ1n) is 11.4. The van der Waals surface area contributed by atoms with Crippen LogP contribution in [0.3, 0.4) is 0 Å². The Kier molecular flexibility index (Phi) is 7.51. The number of hydrogen-bond acceptors (Lipinski definition) is 6. The number of aliphatic imine (C=N–C) groups is 1. The van der Waals surface area contributed by atoms with Gasteiger partial charge in [0.25, 0.3) is 21.8 Å². The van der Waals surface area contributed by atoms with Crippen LogP contribution in [0.15, 0.2) is 82.9 Å². The van der Waals surface area contributed by atoms with Gasteiger partial charge in [0.1, 0.15) is 12.6 Å². The second-order valence-corrected chi connectivity index (χ2v) is 10.6. The van der Waals surface area contributed by atoms with Crippen molar-refractivity contribution in [3.63, 3.8) is 0 Å². The minimum absolute atomic E-state index is 0.104. The number of benzene rings is 2. The first-order chi connectivity index (χ1) is 17.2. The summed E-state index contributed by atoms with van der Waals surface area (Å²) in [5.74, 6) is -1.38. The van der Waals surface area contributed by atoms with Crippen molar-refractivity contribution in [1.82, 2.24) is 9.71 Å². The summed E-state index contributed by atoms with van der Waals surface area (Å²) in [5.41, 5.74) is 2.39. The predicted octanol–water partition coefficient (Wildman–Crippen LogP) is 3.84. The fourth-order valence-corrected chi connectivity index (χ4v) is 5.09. The summed E-state index contributed by atoms with van der Waals surface area (Å²) in [7, 11) is -4.14. The normalized spacial score (nSPS) is 16.5. The lowest BCUT2D eigenvalue weighted by Gasteiger charge is -2.26. The highest BCUT2D eigenvalue weighted by Gasteiger charge is 2.36. The van der Waals surface area contributed by atoms with E-state index in [-0.39, 0.29) is 10.8 Å². The number of carbonyl (C=O) groups excluding carboxylic acids is 2. The summed E-state index contributed by atoms with van der Waals surface area (Å²) < 4.78 is 27.4. The maximum atomic E-state index is 13.8. The molecule has 2 atom stereocenters. The second-order valence-electron chi connectivity index (χ2n) is 8.47. The maximum absolute atomic E-state index is 13.8. The summed E-state index contributed by atoms with van der Waals surface area (Å²) in [6.07, 6.45) is 3.31. The Morgan fingerprint density at radius 1 is 1.11 bits per heavy atom. The van der Waals surface area contributed by atoms with Gasteiger partial charge in [-0.05, 0) is 36.2 Å². The fraction of sp³-hybridized carbons (Fsp3) is 0.231. The quantitative estimate of drug-likeness (QED) is 0.505. The van der Waals surface area contributed by atoms with Crippen molar-refractivity contribution < 1.29 is 18.0 Å². The van der Waals surface area contributed by atoms with E-state index in [1.165, 1.54) is 29.4 Å². The molecule has 186 valence electrons. The lowest BCUT2D eigenvalue weighted by atomic mass is 9.98. The number of rotatable bonds is 7. The molecule has 2 aromatic carbocycles. The molecule has 0 bridgehead atoms. The Hall–Kier alpha value is -3.56. The molecule has 1 aromatic heterocycles. The number of sulfonamides is 1. The summed E-state index contributed by atoms with van der Waals surface area (Å²) in [6.45, 7) is 3.37. The minimum Gasteiger partial charge on any atom is -0.300 e. The Bertz CT molecular complexity index is 1410. The van der Waals surface area contributed by atoms with Crippen LogP contribution in [0.1, 0.15) is 31.4 Å². The van der Waals surface area contributed by atoms with Gasteiger partial charge in [-0.1, -0.05) is 62.2 Å². The largest absolute Gasteiger partial charge is 0.300 e. The van der Waals surface area contributed by atoms with Crippen LogP contribution in [0, 0.1) is 5.92 Å². The molecule has 3 aromatic rings. The number of aromatic nitrogens is 1. The number of carbonyl (C=O) groups is 2. The molecule has 0 aliphatic carbocycles. The zero-order chi connectivity index (χ0) is 25.9. The number of hydrogen-bond donors (Lipinski definition) is 1. The first-order valence-corrected chi connectivity index (χ1v) is 13.3. The molecule has 10 heteroatoms. The van der Waals surface area contributed by atoms with Crippen LogP contribution in [0.5, 0.6) is 0 Å². The molecule has 2 heterocycles. The van der Waals surface area contributed by atoms with Crippen molar-refractivity contribution in [2.75, 3.05) is 11.4 Å². The van der Waals surface area contributed by atoms with Gasteiger partial charge < -0.3 is 4.90 Å². The van der Waals surface area contributed by atoms with Gasteiger partial charge in [-0.3, -0.25) is 19.6 Å². The Morgan fingerprint density at radius 2 is 1.81 bits per heavy atom. The number of pyridine rings is 1.